The van der Waals surface area contributed by atoms with Gasteiger partial charge in [-0.3, -0.25) is 9.13 Å². The van der Waals surface area contributed by atoms with E-state index in [9.17, 15) is 28.7 Å². The van der Waals surface area contributed by atoms with Gasteiger partial charge < -0.3 is 19.6 Å². The van der Waals surface area contributed by atoms with Gasteiger partial charge >= 0.3 is 15.2 Å². The van der Waals surface area contributed by atoms with Crippen LogP contribution in [0.2, 0.25) is 0 Å². The first kappa shape index (κ1) is 28.3. The molecule has 0 heterocycles. The van der Waals surface area contributed by atoms with Crippen LogP contribution < -0.4 is 0 Å². The quantitative estimate of drug-likeness (QED) is 0.209. The molecule has 0 saturated carbocycles. The van der Waals surface area contributed by atoms with Gasteiger partial charge in [0.15, 0.2) is 4.90 Å². The molecule has 0 aromatic carbocycles. The Hall–Kier alpha value is -0.740. The Morgan fingerprint density at radius 1 is 0.655 bits per heavy atom. The predicted molar refractivity (Wildman–Crippen MR) is 121 cm³/mol. The maximum atomic E-state index is 12.3. The van der Waals surface area contributed by atoms with Gasteiger partial charge in [-0.2, -0.15) is 0 Å². The van der Waals surface area contributed by atoms with E-state index in [2.05, 4.69) is 12.2 Å². The lowest BCUT2D eigenvalue weighted by atomic mass is 10.1. The molecular weight excluding hydrogens is 410 g/mol. The highest BCUT2D eigenvalue weighted by molar-refractivity contribution is 7.72. The lowest BCUT2D eigenvalue weighted by Crippen LogP contribution is -2.28. The molecule has 0 radical (unpaired) electrons. The Labute approximate surface area is 175 Å². The lowest BCUT2D eigenvalue weighted by molar-refractivity contribution is 0.307. The van der Waals surface area contributed by atoms with Gasteiger partial charge in [0.2, 0.25) is 0 Å². The molecule has 0 aromatic rings. The summed E-state index contributed by atoms with van der Waals surface area (Å²) in [6.45, 7) is 11.6. The second-order valence-corrected chi connectivity index (χ2v) is 12.5. The van der Waals surface area contributed by atoms with Crippen LogP contribution in [0.25, 0.3) is 0 Å². The number of allylic oxidation sites excluding steroid dienone is 8. The van der Waals surface area contributed by atoms with Crippen LogP contribution in [0.15, 0.2) is 46.6 Å². The first-order chi connectivity index (χ1) is 13.1. The Bertz CT molecular complexity index is 677. The fraction of sp³-hybridized carbons (Fsp3) is 0.619. The summed E-state index contributed by atoms with van der Waals surface area (Å²) in [5.41, 5.74) is 4.04. The summed E-state index contributed by atoms with van der Waals surface area (Å²) in [6.07, 6.45) is 9.35. The fourth-order valence-corrected chi connectivity index (χ4v) is 5.46. The van der Waals surface area contributed by atoms with Gasteiger partial charge in [0, 0.05) is 0 Å². The Morgan fingerprint density at radius 2 is 0.966 bits per heavy atom. The Morgan fingerprint density at radius 3 is 1.21 bits per heavy atom. The topological polar surface area (TPSA) is 115 Å². The molecule has 0 saturated heterocycles. The Kier molecular flexibility index (Phi) is 11.9. The second kappa shape index (κ2) is 12.2. The molecule has 0 aliphatic carbocycles. The molecule has 0 unspecified atom stereocenters. The average molecular weight is 448 g/mol. The van der Waals surface area contributed by atoms with E-state index in [1.54, 1.807) is 12.2 Å². The lowest BCUT2D eigenvalue weighted by Gasteiger charge is -2.33. The van der Waals surface area contributed by atoms with Crippen LogP contribution in [0.4, 0.5) is 0 Å². The Balaban J connectivity index is 5.69. The third kappa shape index (κ3) is 10.2. The molecule has 0 aliphatic heterocycles. The molecule has 0 fully saturated rings. The maximum Gasteiger partial charge on any atom is 0.344 e. The largest absolute Gasteiger partial charge is 0.344 e. The van der Waals surface area contributed by atoms with E-state index < -0.39 is 20.1 Å². The van der Waals surface area contributed by atoms with Crippen molar-refractivity contribution in [1.29, 1.82) is 0 Å². The van der Waals surface area contributed by atoms with Gasteiger partial charge in [0.25, 0.3) is 0 Å². The van der Waals surface area contributed by atoms with E-state index in [1.807, 2.05) is 41.5 Å². The van der Waals surface area contributed by atoms with Crippen LogP contribution in [0.1, 0.15) is 80.1 Å². The number of hydrogen-bond donors (Lipinski definition) is 4. The zero-order valence-electron chi connectivity index (χ0n) is 18.6. The van der Waals surface area contributed by atoms with Gasteiger partial charge in [-0.25, -0.2) is 0 Å². The van der Waals surface area contributed by atoms with Crippen LogP contribution in [0.3, 0.4) is 0 Å². The zero-order valence-corrected chi connectivity index (χ0v) is 20.3. The minimum absolute atomic E-state index is 0.375. The van der Waals surface area contributed by atoms with Crippen LogP contribution >= 0.6 is 15.2 Å². The van der Waals surface area contributed by atoms with Crippen molar-refractivity contribution >= 4 is 15.2 Å². The average Bonchev–Trinajstić information content (AvgIpc) is 2.51. The van der Waals surface area contributed by atoms with Crippen molar-refractivity contribution < 1.29 is 28.7 Å². The molecule has 4 N–H and O–H groups in total. The molecule has 0 amide bonds. The summed E-state index contributed by atoms with van der Waals surface area (Å²) in [4.78, 5) is 37.3. The third-order valence-corrected chi connectivity index (χ3v) is 9.28. The highest BCUT2D eigenvalue weighted by Crippen LogP contribution is 2.72. The number of hydrogen-bond acceptors (Lipinski definition) is 2. The molecule has 29 heavy (non-hydrogen) atoms. The summed E-state index contributed by atoms with van der Waals surface area (Å²) in [5, 5.41) is 0. The summed E-state index contributed by atoms with van der Waals surface area (Å²) < 4.78 is 24.5. The highest BCUT2D eigenvalue weighted by Gasteiger charge is 2.58. The monoisotopic (exact) mass is 448 g/mol. The first-order valence-corrected chi connectivity index (χ1v) is 13.0. The third-order valence-electron chi connectivity index (χ3n) is 4.82. The predicted octanol–water partition coefficient (Wildman–Crippen LogP) is 6.20. The van der Waals surface area contributed by atoms with Crippen molar-refractivity contribution in [2.45, 2.75) is 85.0 Å². The van der Waals surface area contributed by atoms with Crippen molar-refractivity contribution in [2.75, 3.05) is 0 Å². The smallest absolute Gasteiger partial charge is 0.324 e. The van der Waals surface area contributed by atoms with Crippen molar-refractivity contribution in [3.8, 4) is 0 Å². The molecule has 0 aliphatic rings. The van der Waals surface area contributed by atoms with Crippen molar-refractivity contribution in [1.82, 2.24) is 0 Å². The minimum Gasteiger partial charge on any atom is -0.324 e. The van der Waals surface area contributed by atoms with Crippen molar-refractivity contribution in [3.05, 3.63) is 46.6 Å². The van der Waals surface area contributed by atoms with Crippen molar-refractivity contribution in [3.63, 3.8) is 0 Å². The van der Waals surface area contributed by atoms with Gasteiger partial charge in [0.1, 0.15) is 0 Å². The highest BCUT2D eigenvalue weighted by atomic mass is 31.2. The van der Waals surface area contributed by atoms with Crippen LogP contribution in [0, 0.1) is 0 Å². The summed E-state index contributed by atoms with van der Waals surface area (Å²) in [6, 6.07) is 0. The van der Waals surface area contributed by atoms with E-state index in [-0.39, 0.29) is 12.8 Å². The van der Waals surface area contributed by atoms with E-state index in [4.69, 9.17) is 0 Å². The van der Waals surface area contributed by atoms with Gasteiger partial charge in [0.05, 0.1) is 0 Å². The SMILES string of the molecule is CC(C)=CCC/C(C)=C\CC(C/C=C(\C)CCC=C(C)C)(P(=O)(O)O)P(=O)(O)O. The summed E-state index contributed by atoms with van der Waals surface area (Å²) >= 11 is 0. The van der Waals surface area contributed by atoms with Crippen LogP contribution in [0.5, 0.6) is 0 Å². The molecule has 0 spiro atoms. The number of rotatable bonds is 12. The van der Waals surface area contributed by atoms with E-state index in [1.165, 1.54) is 11.1 Å². The van der Waals surface area contributed by atoms with E-state index in [0.29, 0.717) is 12.8 Å². The van der Waals surface area contributed by atoms with E-state index in [0.717, 1.165) is 24.0 Å². The van der Waals surface area contributed by atoms with Gasteiger partial charge in [-0.15, -0.1) is 0 Å². The second-order valence-electron chi connectivity index (χ2n) is 8.22. The van der Waals surface area contributed by atoms with Gasteiger partial charge in [-0.1, -0.05) is 46.6 Å². The molecule has 168 valence electrons. The molecule has 6 nitrogen and oxygen atoms in total. The molecule has 8 heteroatoms. The minimum atomic E-state index is -5.10. The molecule has 0 aromatic heterocycles. The standard InChI is InChI=1S/C21H38O6P2/c1-17(2)9-7-11-19(5)13-15-21(28(22,23)24,29(25,26)27)16-14-20(6)12-8-10-18(3)4/h9-10,13-14H,7-8,11-12,15-16H2,1-6H3,(H2,22,23,24)(H2,25,26,27)/b19-13-,20-14+. The van der Waals surface area contributed by atoms with Gasteiger partial charge in [-0.05, 0) is 80.1 Å². The summed E-state index contributed by atoms with van der Waals surface area (Å²) in [7, 11) is -10.2. The molecule has 0 bridgehead atoms. The fourth-order valence-electron chi connectivity index (χ4n) is 2.79. The normalized spacial score (nSPS) is 14.0. The molecular formula is C21H38O6P2. The maximum absolute atomic E-state index is 12.3. The van der Waals surface area contributed by atoms with Crippen LogP contribution in [-0.4, -0.2) is 24.5 Å². The zero-order chi connectivity index (χ0) is 22.9. The first-order valence-electron chi connectivity index (χ1n) is 9.81. The molecule has 0 rings (SSSR count). The van der Waals surface area contributed by atoms with E-state index >= 15 is 0 Å². The molecule has 0 atom stereocenters. The van der Waals surface area contributed by atoms with Crippen molar-refractivity contribution in [2.24, 2.45) is 0 Å². The van der Waals surface area contributed by atoms with Crippen LogP contribution in [-0.2, 0) is 9.13 Å². The summed E-state index contributed by atoms with van der Waals surface area (Å²) in [5.74, 6) is 0.